The molecule has 1 N–H and O–H groups in total. The van der Waals surface area contributed by atoms with Crippen LogP contribution >= 0.6 is 0 Å². The van der Waals surface area contributed by atoms with Crippen LogP contribution in [0.2, 0.25) is 0 Å². The Morgan fingerprint density at radius 2 is 1.94 bits per heavy atom. The molecule has 0 saturated heterocycles. The van der Waals surface area contributed by atoms with Crippen LogP contribution in [0.5, 0.6) is 5.75 Å². The van der Waals surface area contributed by atoms with Gasteiger partial charge < -0.3 is 10.1 Å². The summed E-state index contributed by atoms with van der Waals surface area (Å²) in [6.45, 7) is 8.56. The third kappa shape index (κ3) is 3.53. The van der Waals surface area contributed by atoms with Gasteiger partial charge in [-0.3, -0.25) is 0 Å². The van der Waals surface area contributed by atoms with Crippen molar-refractivity contribution < 1.29 is 4.74 Å². The number of benzene rings is 1. The first-order valence-corrected chi connectivity index (χ1v) is 6.03. The lowest BCUT2D eigenvalue weighted by molar-refractivity contribution is 0.408. The number of methoxy groups -OCH3 is 1. The Morgan fingerprint density at radius 1 is 1.19 bits per heavy atom. The second kappa shape index (κ2) is 6.54. The Labute approximate surface area is 99.0 Å². The molecule has 16 heavy (non-hydrogen) atoms. The zero-order chi connectivity index (χ0) is 12.0. The van der Waals surface area contributed by atoms with E-state index >= 15 is 0 Å². The monoisotopic (exact) mass is 221 g/mol. The van der Waals surface area contributed by atoms with Crippen LogP contribution in [0.25, 0.3) is 0 Å². The highest BCUT2D eigenvalue weighted by molar-refractivity contribution is 5.43. The van der Waals surface area contributed by atoms with Crippen molar-refractivity contribution in [1.82, 2.24) is 5.32 Å². The maximum atomic E-state index is 5.44. The second-order valence-corrected chi connectivity index (χ2v) is 4.26. The summed E-state index contributed by atoms with van der Waals surface area (Å²) in [4.78, 5) is 0. The minimum absolute atomic E-state index is 1.02. The largest absolute Gasteiger partial charge is 0.496 e. The molecule has 1 aromatic carbocycles. The summed E-state index contributed by atoms with van der Waals surface area (Å²) in [6, 6.07) is 4.33. The number of hydrogen-bond acceptors (Lipinski definition) is 2. The summed E-state index contributed by atoms with van der Waals surface area (Å²) in [5, 5.41) is 3.42. The average molecular weight is 221 g/mol. The summed E-state index contributed by atoms with van der Waals surface area (Å²) in [6.07, 6.45) is 2.22. The highest BCUT2D eigenvalue weighted by atomic mass is 16.5. The van der Waals surface area contributed by atoms with Gasteiger partial charge in [0.05, 0.1) is 7.11 Å². The van der Waals surface area contributed by atoms with E-state index in [1.54, 1.807) is 7.11 Å². The van der Waals surface area contributed by atoms with E-state index < -0.39 is 0 Å². The molecule has 0 aliphatic rings. The van der Waals surface area contributed by atoms with E-state index in [1.807, 2.05) is 0 Å². The second-order valence-electron chi connectivity index (χ2n) is 4.26. The summed E-state index contributed by atoms with van der Waals surface area (Å²) < 4.78 is 5.44. The molecule has 1 rings (SSSR count). The van der Waals surface area contributed by atoms with Crippen LogP contribution in [-0.4, -0.2) is 20.2 Å². The van der Waals surface area contributed by atoms with Crippen molar-refractivity contribution in [2.45, 2.75) is 33.6 Å². The van der Waals surface area contributed by atoms with E-state index in [0.29, 0.717) is 0 Å². The zero-order valence-corrected chi connectivity index (χ0v) is 10.9. The summed E-state index contributed by atoms with van der Waals surface area (Å²) in [5.74, 6) is 1.02. The van der Waals surface area contributed by atoms with Crippen LogP contribution in [0.1, 0.15) is 30.0 Å². The van der Waals surface area contributed by atoms with Gasteiger partial charge in [0.2, 0.25) is 0 Å². The van der Waals surface area contributed by atoms with Gasteiger partial charge in [-0.25, -0.2) is 0 Å². The Morgan fingerprint density at radius 3 is 2.56 bits per heavy atom. The molecule has 0 fully saturated rings. The average Bonchev–Trinajstić information content (AvgIpc) is 2.26. The summed E-state index contributed by atoms with van der Waals surface area (Å²) in [7, 11) is 1.75. The fourth-order valence-corrected chi connectivity index (χ4v) is 1.98. The highest BCUT2D eigenvalue weighted by Gasteiger charge is 2.06. The van der Waals surface area contributed by atoms with Gasteiger partial charge in [0.15, 0.2) is 0 Å². The van der Waals surface area contributed by atoms with E-state index in [2.05, 4.69) is 38.2 Å². The molecule has 0 atom stereocenters. The molecule has 0 bridgehead atoms. The van der Waals surface area contributed by atoms with Crippen LogP contribution in [-0.2, 0) is 6.42 Å². The minimum Gasteiger partial charge on any atom is -0.496 e. The predicted octanol–water partition coefficient (Wildman–Crippen LogP) is 2.85. The smallest absolute Gasteiger partial charge is 0.122 e. The van der Waals surface area contributed by atoms with Crippen molar-refractivity contribution in [3.8, 4) is 5.75 Å². The van der Waals surface area contributed by atoms with Crippen molar-refractivity contribution in [2.75, 3.05) is 20.2 Å². The minimum atomic E-state index is 1.02. The molecule has 0 aliphatic heterocycles. The van der Waals surface area contributed by atoms with Gasteiger partial charge in [-0.1, -0.05) is 13.0 Å². The molecule has 0 saturated carbocycles. The predicted molar refractivity (Wildman–Crippen MR) is 69.3 cm³/mol. The van der Waals surface area contributed by atoms with Gasteiger partial charge in [-0.05, 0) is 62.5 Å². The van der Waals surface area contributed by atoms with Crippen molar-refractivity contribution in [1.29, 1.82) is 0 Å². The molecule has 0 heterocycles. The lowest BCUT2D eigenvalue weighted by atomic mass is 10.0. The van der Waals surface area contributed by atoms with Crippen LogP contribution in [0, 0.1) is 13.8 Å². The van der Waals surface area contributed by atoms with Gasteiger partial charge in [-0.15, -0.1) is 0 Å². The Bertz CT molecular complexity index is 334. The molecule has 0 unspecified atom stereocenters. The molecule has 2 heteroatoms. The molecule has 0 amide bonds. The first-order valence-electron chi connectivity index (χ1n) is 6.03. The maximum Gasteiger partial charge on any atom is 0.122 e. The maximum absolute atomic E-state index is 5.44. The molecule has 2 nitrogen and oxygen atoms in total. The molecule has 0 radical (unpaired) electrons. The first kappa shape index (κ1) is 13.0. The van der Waals surface area contributed by atoms with Gasteiger partial charge >= 0.3 is 0 Å². The SMILES string of the molecule is CCCNCCc1c(C)cc(C)cc1OC. The van der Waals surface area contributed by atoms with E-state index in [1.165, 1.54) is 23.1 Å². The first-order chi connectivity index (χ1) is 7.69. The number of hydrogen-bond donors (Lipinski definition) is 1. The van der Waals surface area contributed by atoms with Gasteiger partial charge in [0, 0.05) is 0 Å². The van der Waals surface area contributed by atoms with E-state index in [0.717, 1.165) is 25.3 Å². The summed E-state index contributed by atoms with van der Waals surface area (Å²) in [5.41, 5.74) is 3.92. The quantitative estimate of drug-likeness (QED) is 0.746. The fraction of sp³-hybridized carbons (Fsp3) is 0.571. The molecule has 0 spiro atoms. The molecule has 0 aromatic heterocycles. The highest BCUT2D eigenvalue weighted by Crippen LogP contribution is 2.24. The molecule has 1 aromatic rings. The topological polar surface area (TPSA) is 21.3 Å². The van der Waals surface area contributed by atoms with Crippen LogP contribution < -0.4 is 10.1 Å². The lowest BCUT2D eigenvalue weighted by Crippen LogP contribution is -2.18. The van der Waals surface area contributed by atoms with Gasteiger partial charge in [0.1, 0.15) is 5.75 Å². The van der Waals surface area contributed by atoms with Crippen LogP contribution in [0.4, 0.5) is 0 Å². The number of aryl methyl sites for hydroxylation is 2. The van der Waals surface area contributed by atoms with E-state index in [4.69, 9.17) is 4.74 Å². The lowest BCUT2D eigenvalue weighted by Gasteiger charge is -2.13. The van der Waals surface area contributed by atoms with Crippen molar-refractivity contribution >= 4 is 0 Å². The Balaban J connectivity index is 2.70. The van der Waals surface area contributed by atoms with Crippen molar-refractivity contribution in [2.24, 2.45) is 0 Å². The van der Waals surface area contributed by atoms with Gasteiger partial charge in [-0.2, -0.15) is 0 Å². The van der Waals surface area contributed by atoms with E-state index in [9.17, 15) is 0 Å². The molecule has 0 aliphatic carbocycles. The van der Waals surface area contributed by atoms with E-state index in [-0.39, 0.29) is 0 Å². The molecular formula is C14H23NO. The normalized spacial score (nSPS) is 10.5. The standard InChI is InChI=1S/C14H23NO/c1-5-7-15-8-6-13-12(3)9-11(2)10-14(13)16-4/h9-10,15H,5-8H2,1-4H3. The number of nitrogens with one attached hydrogen (secondary N) is 1. The van der Waals surface area contributed by atoms with Crippen LogP contribution in [0.3, 0.4) is 0 Å². The third-order valence-electron chi connectivity index (χ3n) is 2.77. The van der Waals surface area contributed by atoms with Crippen LogP contribution in [0.15, 0.2) is 12.1 Å². The molecule has 90 valence electrons. The van der Waals surface area contributed by atoms with Crippen molar-refractivity contribution in [3.63, 3.8) is 0 Å². The molecular weight excluding hydrogens is 198 g/mol. The Hall–Kier alpha value is -1.02. The number of ether oxygens (including phenoxy) is 1. The summed E-state index contributed by atoms with van der Waals surface area (Å²) >= 11 is 0. The Kier molecular flexibility index (Phi) is 5.33. The third-order valence-corrected chi connectivity index (χ3v) is 2.77. The van der Waals surface area contributed by atoms with Gasteiger partial charge in [0.25, 0.3) is 0 Å². The number of rotatable bonds is 6. The van der Waals surface area contributed by atoms with Crippen molar-refractivity contribution in [3.05, 3.63) is 28.8 Å². The fourth-order valence-electron chi connectivity index (χ4n) is 1.98. The zero-order valence-electron chi connectivity index (χ0n) is 10.9.